The minimum Gasteiger partial charge on any atom is -0.383 e. The van der Waals surface area contributed by atoms with Crippen molar-refractivity contribution in [3.63, 3.8) is 0 Å². The van der Waals surface area contributed by atoms with E-state index in [1.165, 1.54) is 4.57 Å². The van der Waals surface area contributed by atoms with E-state index >= 15 is 0 Å². The van der Waals surface area contributed by atoms with Gasteiger partial charge in [0.2, 0.25) is 5.91 Å². The van der Waals surface area contributed by atoms with Crippen molar-refractivity contribution >= 4 is 17.4 Å². The number of carbonyl (C=O) groups is 1. The van der Waals surface area contributed by atoms with Crippen LogP contribution >= 0.6 is 0 Å². The van der Waals surface area contributed by atoms with Crippen LogP contribution in [0.5, 0.6) is 0 Å². The van der Waals surface area contributed by atoms with Crippen LogP contribution in [0.2, 0.25) is 0 Å². The van der Waals surface area contributed by atoms with E-state index < -0.39 is 11.2 Å². The van der Waals surface area contributed by atoms with E-state index in [1.807, 2.05) is 0 Å². The molecule has 1 aromatic rings. The van der Waals surface area contributed by atoms with Crippen LogP contribution in [-0.2, 0) is 11.3 Å². The summed E-state index contributed by atoms with van der Waals surface area (Å²) < 4.78 is 1.27. The molecule has 2 heterocycles. The molecule has 0 bridgehead atoms. The van der Waals surface area contributed by atoms with Gasteiger partial charge in [0, 0.05) is 25.6 Å². The number of amides is 1. The molecule has 5 N–H and O–H groups in total. The molecule has 1 amide bonds. The second-order valence-electron chi connectivity index (χ2n) is 4.45. The average Bonchev–Trinajstić information content (AvgIpc) is 2.75. The Morgan fingerprint density at radius 3 is 2.74 bits per heavy atom. The number of aromatic amines is 1. The highest BCUT2D eigenvalue weighted by atomic mass is 16.2. The van der Waals surface area contributed by atoms with Crippen LogP contribution in [0.1, 0.15) is 19.8 Å². The molecule has 8 heteroatoms. The zero-order valence-electron chi connectivity index (χ0n) is 10.7. The van der Waals surface area contributed by atoms with Crippen molar-refractivity contribution in [3.05, 3.63) is 20.8 Å². The third-order valence-corrected chi connectivity index (χ3v) is 3.17. The summed E-state index contributed by atoms with van der Waals surface area (Å²) in [6.07, 6.45) is 1.21. The Morgan fingerprint density at radius 2 is 2.16 bits per heavy atom. The molecule has 1 aliphatic rings. The third kappa shape index (κ3) is 2.61. The molecule has 8 nitrogen and oxygen atoms in total. The van der Waals surface area contributed by atoms with Crippen LogP contribution in [0, 0.1) is 0 Å². The largest absolute Gasteiger partial charge is 0.383 e. The van der Waals surface area contributed by atoms with Crippen molar-refractivity contribution in [1.29, 1.82) is 0 Å². The van der Waals surface area contributed by atoms with E-state index in [0.29, 0.717) is 19.5 Å². The number of carbonyl (C=O) groups excluding carboxylic acids is 1. The number of nitrogens with one attached hydrogen (secondary N) is 3. The number of anilines is 2. The average molecular weight is 267 g/mol. The summed E-state index contributed by atoms with van der Waals surface area (Å²) in [5, 5.41) is 5.68. The topological polar surface area (TPSA) is 122 Å². The van der Waals surface area contributed by atoms with E-state index in [9.17, 15) is 14.4 Å². The van der Waals surface area contributed by atoms with Crippen molar-refractivity contribution < 1.29 is 4.79 Å². The molecule has 1 atom stereocenters. The first-order valence-electron chi connectivity index (χ1n) is 6.18. The van der Waals surface area contributed by atoms with E-state index in [1.54, 1.807) is 6.92 Å². The van der Waals surface area contributed by atoms with Gasteiger partial charge in [-0.1, -0.05) is 0 Å². The van der Waals surface area contributed by atoms with Gasteiger partial charge >= 0.3 is 5.69 Å². The number of H-pyrrole nitrogens is 1. The van der Waals surface area contributed by atoms with Crippen LogP contribution in [0.4, 0.5) is 11.5 Å². The van der Waals surface area contributed by atoms with Crippen LogP contribution in [0.3, 0.4) is 0 Å². The van der Waals surface area contributed by atoms with Crippen molar-refractivity contribution in [3.8, 4) is 0 Å². The molecule has 0 radical (unpaired) electrons. The summed E-state index contributed by atoms with van der Waals surface area (Å²) in [6.45, 7) is 2.54. The Bertz CT molecular complexity index is 603. The number of nitrogen functional groups attached to an aromatic ring is 1. The summed E-state index contributed by atoms with van der Waals surface area (Å²) in [5.74, 6) is 0.118. The Hall–Kier alpha value is -2.25. The quantitative estimate of drug-likeness (QED) is 0.547. The van der Waals surface area contributed by atoms with Gasteiger partial charge in [-0.15, -0.1) is 0 Å². The zero-order chi connectivity index (χ0) is 14.0. The summed E-state index contributed by atoms with van der Waals surface area (Å²) in [7, 11) is 0. The van der Waals surface area contributed by atoms with Gasteiger partial charge in [0.15, 0.2) is 0 Å². The zero-order valence-corrected chi connectivity index (χ0v) is 10.7. The molecule has 1 unspecified atom stereocenters. The first-order chi connectivity index (χ1) is 9.02. The number of nitrogens with zero attached hydrogens (tertiary/aromatic N) is 1. The van der Waals surface area contributed by atoms with Gasteiger partial charge in [-0.2, -0.15) is 0 Å². The predicted octanol–water partition coefficient (Wildman–Crippen LogP) is -1.17. The molecular weight excluding hydrogens is 250 g/mol. The van der Waals surface area contributed by atoms with E-state index in [0.717, 1.165) is 6.42 Å². The van der Waals surface area contributed by atoms with E-state index in [4.69, 9.17) is 5.73 Å². The second kappa shape index (κ2) is 5.17. The molecule has 19 heavy (non-hydrogen) atoms. The number of hydrogen-bond acceptors (Lipinski definition) is 5. The number of hydrogen-bond donors (Lipinski definition) is 4. The molecule has 0 aliphatic carbocycles. The van der Waals surface area contributed by atoms with Gasteiger partial charge < -0.3 is 16.4 Å². The summed E-state index contributed by atoms with van der Waals surface area (Å²) in [5.41, 5.74) is 4.90. The predicted molar refractivity (Wildman–Crippen MR) is 71.1 cm³/mol. The lowest BCUT2D eigenvalue weighted by Gasteiger charge is -2.15. The fourth-order valence-electron chi connectivity index (χ4n) is 2.13. The maximum absolute atomic E-state index is 11.7. The van der Waals surface area contributed by atoms with Crippen LogP contribution in [0.25, 0.3) is 0 Å². The number of rotatable bonds is 4. The lowest BCUT2D eigenvalue weighted by atomic mass is 10.2. The number of nitrogens with two attached hydrogens (primary N) is 1. The van der Waals surface area contributed by atoms with E-state index in [2.05, 4.69) is 15.6 Å². The lowest BCUT2D eigenvalue weighted by molar-refractivity contribution is -0.119. The van der Waals surface area contributed by atoms with Crippen LogP contribution in [0.15, 0.2) is 9.59 Å². The van der Waals surface area contributed by atoms with Gasteiger partial charge in [-0.25, -0.2) is 4.79 Å². The molecule has 0 saturated carbocycles. The normalized spacial score (nSPS) is 18.4. The highest BCUT2D eigenvalue weighted by molar-refractivity contribution is 5.78. The fraction of sp³-hybridized carbons (Fsp3) is 0.545. The molecule has 104 valence electrons. The van der Waals surface area contributed by atoms with Crippen molar-refractivity contribution in [2.75, 3.05) is 17.6 Å². The third-order valence-electron chi connectivity index (χ3n) is 3.17. The Morgan fingerprint density at radius 1 is 1.42 bits per heavy atom. The minimum absolute atomic E-state index is 0.00668. The molecule has 1 saturated heterocycles. The van der Waals surface area contributed by atoms with Crippen molar-refractivity contribution in [1.82, 2.24) is 14.9 Å². The summed E-state index contributed by atoms with van der Waals surface area (Å²) in [4.78, 5) is 36.5. The lowest BCUT2D eigenvalue weighted by Crippen LogP contribution is -2.37. The SMILES string of the molecule is CCn1c(N)c(NCC2CCC(=O)N2)c(=O)[nH]c1=O. The van der Waals surface area contributed by atoms with Gasteiger partial charge in [-0.05, 0) is 13.3 Å². The molecular formula is C11H17N5O3. The molecule has 0 aromatic carbocycles. The van der Waals surface area contributed by atoms with Gasteiger partial charge in [0.05, 0.1) is 0 Å². The highest BCUT2D eigenvalue weighted by Crippen LogP contribution is 2.12. The Labute approximate surface area is 109 Å². The second-order valence-corrected chi connectivity index (χ2v) is 4.45. The molecule has 2 rings (SSSR count). The number of aromatic nitrogens is 2. The maximum atomic E-state index is 11.7. The van der Waals surface area contributed by atoms with Crippen molar-refractivity contribution in [2.45, 2.75) is 32.4 Å². The molecule has 1 aromatic heterocycles. The van der Waals surface area contributed by atoms with Crippen molar-refractivity contribution in [2.24, 2.45) is 0 Å². The molecule has 1 fully saturated rings. The Kier molecular flexibility index (Phi) is 3.59. The van der Waals surface area contributed by atoms with Gasteiger partial charge in [0.1, 0.15) is 11.5 Å². The van der Waals surface area contributed by atoms with Crippen LogP contribution in [-0.4, -0.2) is 28.0 Å². The first kappa shape index (κ1) is 13.2. The van der Waals surface area contributed by atoms with Crippen LogP contribution < -0.4 is 27.6 Å². The summed E-state index contributed by atoms with van der Waals surface area (Å²) >= 11 is 0. The smallest absolute Gasteiger partial charge is 0.330 e. The standard InChI is InChI=1S/C11H17N5O3/c1-2-16-9(12)8(10(18)15-11(16)19)13-5-6-3-4-7(17)14-6/h6,13H,2-5,12H2,1H3,(H,14,17)(H,15,18,19). The summed E-state index contributed by atoms with van der Waals surface area (Å²) in [6, 6.07) is -0.0201. The maximum Gasteiger partial charge on any atom is 0.330 e. The minimum atomic E-state index is -0.545. The fourth-order valence-corrected chi connectivity index (χ4v) is 2.13. The monoisotopic (exact) mass is 267 g/mol. The van der Waals surface area contributed by atoms with Gasteiger partial charge in [0.25, 0.3) is 5.56 Å². The Balaban J connectivity index is 2.18. The van der Waals surface area contributed by atoms with Gasteiger partial charge in [-0.3, -0.25) is 19.1 Å². The molecule has 1 aliphatic heterocycles. The first-order valence-corrected chi connectivity index (χ1v) is 6.18. The highest BCUT2D eigenvalue weighted by Gasteiger charge is 2.21. The van der Waals surface area contributed by atoms with E-state index in [-0.39, 0.29) is 23.5 Å². The molecule has 0 spiro atoms.